The van der Waals surface area contributed by atoms with Gasteiger partial charge in [-0.25, -0.2) is 0 Å². The van der Waals surface area contributed by atoms with Crippen LogP contribution in [0.25, 0.3) is 0 Å². The van der Waals surface area contributed by atoms with E-state index in [2.05, 4.69) is 10.6 Å². The molecule has 0 spiro atoms. The highest BCUT2D eigenvalue weighted by Gasteiger charge is 2.51. The molecule has 4 bridgehead atoms. The molecule has 0 unspecified atom stereocenters. The Morgan fingerprint density at radius 3 is 2.06 bits per heavy atom. The van der Waals surface area contributed by atoms with Gasteiger partial charge in [-0.15, -0.1) is 0 Å². The molecule has 2 aromatic carbocycles. The third-order valence-corrected chi connectivity index (χ3v) is 8.11. The smallest absolute Gasteiger partial charge is 0.239 e. The number of hydrogen-bond donors (Lipinski definition) is 2. The molecule has 5 nitrogen and oxygen atoms in total. The molecule has 0 aromatic heterocycles. The number of hydrogen-bond acceptors (Lipinski definition) is 3. The summed E-state index contributed by atoms with van der Waals surface area (Å²) in [7, 11) is 0. The summed E-state index contributed by atoms with van der Waals surface area (Å²) in [4.78, 5) is 25.1. The second-order valence-corrected chi connectivity index (χ2v) is 10.9. The van der Waals surface area contributed by atoms with E-state index >= 15 is 0 Å². The van der Waals surface area contributed by atoms with Crippen LogP contribution in [-0.2, 0) is 34.1 Å². The van der Waals surface area contributed by atoms with Gasteiger partial charge in [0, 0.05) is 13.0 Å². The summed E-state index contributed by atoms with van der Waals surface area (Å²) in [5.74, 6) is 2.38. The Kier molecular flexibility index (Phi) is 7.00. The van der Waals surface area contributed by atoms with Crippen LogP contribution in [0.4, 0.5) is 0 Å². The summed E-state index contributed by atoms with van der Waals surface area (Å²) in [6.07, 6.45) is 8.35. The van der Waals surface area contributed by atoms with Crippen molar-refractivity contribution in [3.8, 4) is 0 Å². The maximum Gasteiger partial charge on any atom is 0.239 e. The second-order valence-electron chi connectivity index (χ2n) is 10.9. The van der Waals surface area contributed by atoms with Crippen molar-refractivity contribution >= 4 is 11.8 Å². The van der Waals surface area contributed by atoms with Crippen LogP contribution in [0, 0.1) is 23.2 Å². The Hall–Kier alpha value is -2.66. The molecule has 34 heavy (non-hydrogen) atoms. The van der Waals surface area contributed by atoms with Crippen molar-refractivity contribution in [2.75, 3.05) is 6.54 Å². The van der Waals surface area contributed by atoms with Crippen molar-refractivity contribution in [1.29, 1.82) is 0 Å². The lowest BCUT2D eigenvalue weighted by molar-refractivity contribution is -0.131. The zero-order valence-electron chi connectivity index (χ0n) is 19.9. The molecule has 0 heterocycles. The van der Waals surface area contributed by atoms with E-state index in [4.69, 9.17) is 4.74 Å². The summed E-state index contributed by atoms with van der Waals surface area (Å²) in [5, 5.41) is 5.84. The number of ether oxygens (including phenoxy) is 1. The number of nitrogens with one attached hydrogen (secondary N) is 2. The van der Waals surface area contributed by atoms with Gasteiger partial charge in [-0.3, -0.25) is 9.59 Å². The van der Waals surface area contributed by atoms with Crippen LogP contribution in [0.3, 0.4) is 0 Å². The standard InChI is InChI=1S/C29H36N2O3/c32-27(16-29-13-22-10-23(14-29)12-24(11-22)15-29)31-18-28(33)30-17-25-8-4-5-9-26(25)20-34-19-21-6-2-1-3-7-21/h1-9,22-24H,10-20H2,(H,30,33)(H,31,32). The second kappa shape index (κ2) is 10.3. The molecule has 180 valence electrons. The quantitative estimate of drug-likeness (QED) is 0.538. The predicted octanol–water partition coefficient (Wildman–Crippen LogP) is 4.74. The van der Waals surface area contributed by atoms with Crippen LogP contribution in [0.5, 0.6) is 0 Å². The molecule has 4 aliphatic carbocycles. The molecule has 0 atom stereocenters. The highest BCUT2D eigenvalue weighted by Crippen LogP contribution is 2.61. The van der Waals surface area contributed by atoms with E-state index in [0.29, 0.717) is 26.2 Å². The highest BCUT2D eigenvalue weighted by atomic mass is 16.5. The third kappa shape index (κ3) is 5.69. The number of amides is 2. The molecule has 4 aliphatic rings. The Morgan fingerprint density at radius 2 is 1.38 bits per heavy atom. The number of rotatable bonds is 10. The Bertz CT molecular complexity index is 968. The molecule has 0 saturated heterocycles. The van der Waals surface area contributed by atoms with Gasteiger partial charge in [0.25, 0.3) is 0 Å². The Morgan fingerprint density at radius 1 is 0.765 bits per heavy atom. The lowest BCUT2D eigenvalue weighted by atomic mass is 9.49. The van der Waals surface area contributed by atoms with Crippen LogP contribution in [-0.4, -0.2) is 18.4 Å². The minimum absolute atomic E-state index is 0.0341. The van der Waals surface area contributed by atoms with E-state index in [1.165, 1.54) is 38.5 Å². The summed E-state index contributed by atoms with van der Waals surface area (Å²) < 4.78 is 5.88. The lowest BCUT2D eigenvalue weighted by Crippen LogP contribution is -2.48. The molecular formula is C29H36N2O3. The van der Waals surface area contributed by atoms with E-state index in [9.17, 15) is 9.59 Å². The maximum absolute atomic E-state index is 12.7. The predicted molar refractivity (Wildman–Crippen MR) is 131 cm³/mol. The Balaban J connectivity index is 1.05. The van der Waals surface area contributed by atoms with Crippen molar-refractivity contribution in [2.24, 2.45) is 23.2 Å². The van der Waals surface area contributed by atoms with Gasteiger partial charge in [0.05, 0.1) is 19.8 Å². The van der Waals surface area contributed by atoms with E-state index in [1.807, 2.05) is 54.6 Å². The number of carbonyl (C=O) groups excluding carboxylic acids is 2. The number of benzene rings is 2. The fourth-order valence-corrected chi connectivity index (χ4v) is 7.07. The van der Waals surface area contributed by atoms with Gasteiger partial charge >= 0.3 is 0 Å². The fraction of sp³-hybridized carbons (Fsp3) is 0.517. The minimum atomic E-state index is -0.154. The summed E-state index contributed by atoms with van der Waals surface area (Å²) in [5.41, 5.74) is 3.43. The van der Waals surface area contributed by atoms with Crippen LogP contribution in [0.2, 0.25) is 0 Å². The molecule has 2 amide bonds. The topological polar surface area (TPSA) is 67.4 Å². The first-order chi connectivity index (χ1) is 16.6. The van der Waals surface area contributed by atoms with Gasteiger partial charge < -0.3 is 15.4 Å². The first kappa shape index (κ1) is 23.1. The number of carbonyl (C=O) groups is 2. The highest BCUT2D eigenvalue weighted by molar-refractivity contribution is 5.85. The van der Waals surface area contributed by atoms with Crippen molar-refractivity contribution in [3.05, 3.63) is 71.3 Å². The molecule has 0 radical (unpaired) electrons. The Labute approximate surface area is 202 Å². The molecule has 0 aliphatic heterocycles. The summed E-state index contributed by atoms with van der Waals surface area (Å²) in [6, 6.07) is 18.1. The van der Waals surface area contributed by atoms with Gasteiger partial charge in [0.1, 0.15) is 0 Å². The first-order valence-electron chi connectivity index (χ1n) is 12.8. The van der Waals surface area contributed by atoms with Crippen molar-refractivity contribution in [3.63, 3.8) is 0 Å². The minimum Gasteiger partial charge on any atom is -0.372 e. The largest absolute Gasteiger partial charge is 0.372 e. The monoisotopic (exact) mass is 460 g/mol. The van der Waals surface area contributed by atoms with Crippen LogP contribution in [0.1, 0.15) is 61.6 Å². The molecule has 2 aromatic rings. The lowest BCUT2D eigenvalue weighted by Gasteiger charge is -2.56. The van der Waals surface area contributed by atoms with Crippen molar-refractivity contribution in [1.82, 2.24) is 10.6 Å². The average molecular weight is 461 g/mol. The molecule has 4 saturated carbocycles. The van der Waals surface area contributed by atoms with Gasteiger partial charge in [-0.2, -0.15) is 0 Å². The average Bonchev–Trinajstić information content (AvgIpc) is 2.81. The van der Waals surface area contributed by atoms with E-state index in [-0.39, 0.29) is 23.8 Å². The normalized spacial score (nSPS) is 26.9. The first-order valence-corrected chi connectivity index (χ1v) is 12.8. The van der Waals surface area contributed by atoms with Crippen molar-refractivity contribution < 1.29 is 14.3 Å². The van der Waals surface area contributed by atoms with Crippen molar-refractivity contribution in [2.45, 2.75) is 64.7 Å². The van der Waals surface area contributed by atoms with Crippen LogP contribution < -0.4 is 10.6 Å². The van der Waals surface area contributed by atoms with Gasteiger partial charge in [0.15, 0.2) is 0 Å². The molecule has 4 fully saturated rings. The SMILES string of the molecule is O=C(CNC(=O)CC12CC3CC(CC(C3)C1)C2)NCc1ccccc1COCc1ccccc1. The summed E-state index contributed by atoms with van der Waals surface area (Å²) in [6.45, 7) is 1.51. The molecule has 2 N–H and O–H groups in total. The van der Waals surface area contributed by atoms with E-state index in [1.54, 1.807) is 0 Å². The van der Waals surface area contributed by atoms with Gasteiger partial charge in [-0.05, 0) is 78.4 Å². The fourth-order valence-electron chi connectivity index (χ4n) is 7.07. The molecule has 6 rings (SSSR count). The van der Waals surface area contributed by atoms with E-state index in [0.717, 1.165) is 34.4 Å². The maximum atomic E-state index is 12.7. The van der Waals surface area contributed by atoms with Gasteiger partial charge in [-0.1, -0.05) is 54.6 Å². The summed E-state index contributed by atoms with van der Waals surface area (Å²) >= 11 is 0. The van der Waals surface area contributed by atoms with Crippen LogP contribution in [0.15, 0.2) is 54.6 Å². The van der Waals surface area contributed by atoms with Gasteiger partial charge in [0.2, 0.25) is 11.8 Å². The van der Waals surface area contributed by atoms with Crippen LogP contribution >= 0.6 is 0 Å². The zero-order valence-corrected chi connectivity index (χ0v) is 19.9. The molecular weight excluding hydrogens is 424 g/mol. The van der Waals surface area contributed by atoms with E-state index < -0.39 is 0 Å². The zero-order chi connectivity index (χ0) is 23.4. The molecule has 5 heteroatoms. The third-order valence-electron chi connectivity index (χ3n) is 8.11.